The molecule has 1 N–H and O–H groups in total. The molecule has 0 heterocycles. The second kappa shape index (κ2) is 5.50. The van der Waals surface area contributed by atoms with Gasteiger partial charge in [-0.15, -0.1) is 0 Å². The normalized spacial score (nSPS) is 11.8. The monoisotopic (exact) mass is 246 g/mol. The number of carbonyl (C=O) groups excluding carboxylic acids is 1. The summed E-state index contributed by atoms with van der Waals surface area (Å²) in [5, 5.41) is 4.40. The van der Waals surface area contributed by atoms with Crippen LogP contribution in [-0.2, 0) is 4.79 Å². The Balaban J connectivity index is 4.11. The Kier molecular flexibility index (Phi) is 4.96. The fraction of sp³-hybridized carbons (Fsp3) is 0.833. The van der Waals surface area contributed by atoms with E-state index >= 15 is 0 Å². The number of hydrogen-bond donors (Lipinski definition) is 1. The van der Waals surface area contributed by atoms with Gasteiger partial charge in [0.25, 0.3) is 5.91 Å². The van der Waals surface area contributed by atoms with Gasteiger partial charge < -0.3 is 5.32 Å². The van der Waals surface area contributed by atoms with Crippen LogP contribution in [0.4, 0.5) is 22.0 Å². The Morgan fingerprint density at radius 1 is 1.31 bits per heavy atom. The molecule has 92 valence electrons. The highest BCUT2D eigenvalue weighted by atomic mass is 19.4. The van der Waals surface area contributed by atoms with Gasteiger partial charge in [0.05, 0.1) is 0 Å². The van der Waals surface area contributed by atoms with Crippen molar-refractivity contribution in [2.75, 3.05) is 13.1 Å². The third-order valence-electron chi connectivity index (χ3n) is 1.42. The third-order valence-corrected chi connectivity index (χ3v) is 1.42. The first-order valence-corrected chi connectivity index (χ1v) is 3.97. The standard InChI is InChI=1S/C6H7F5N4O/c7-5(8,6(9,10)11)4(16)13-2-1-3-14-15-12/h1-3H2,(H,13,16). The summed E-state index contributed by atoms with van der Waals surface area (Å²) in [4.78, 5) is 12.8. The Morgan fingerprint density at radius 2 is 1.88 bits per heavy atom. The van der Waals surface area contributed by atoms with Crippen molar-refractivity contribution in [2.24, 2.45) is 5.11 Å². The number of rotatable bonds is 5. The zero-order valence-electron chi connectivity index (χ0n) is 7.76. The number of amides is 1. The quantitative estimate of drug-likeness (QED) is 0.260. The first kappa shape index (κ1) is 14.4. The van der Waals surface area contributed by atoms with E-state index in [1.165, 1.54) is 5.32 Å². The van der Waals surface area contributed by atoms with Gasteiger partial charge in [0.15, 0.2) is 0 Å². The van der Waals surface area contributed by atoms with Gasteiger partial charge in [0.2, 0.25) is 0 Å². The first-order chi connectivity index (χ1) is 7.23. The summed E-state index contributed by atoms with van der Waals surface area (Å²) in [6.07, 6.45) is -5.94. The smallest absolute Gasteiger partial charge is 0.351 e. The van der Waals surface area contributed by atoms with Crippen LogP contribution < -0.4 is 5.32 Å². The van der Waals surface area contributed by atoms with Crippen molar-refractivity contribution in [1.82, 2.24) is 5.32 Å². The van der Waals surface area contributed by atoms with E-state index in [0.717, 1.165) is 0 Å². The van der Waals surface area contributed by atoms with Crippen LogP contribution in [0, 0.1) is 0 Å². The summed E-state index contributed by atoms with van der Waals surface area (Å²) in [5.41, 5.74) is 7.81. The zero-order valence-corrected chi connectivity index (χ0v) is 7.76. The topological polar surface area (TPSA) is 77.9 Å². The van der Waals surface area contributed by atoms with Crippen LogP contribution in [0.3, 0.4) is 0 Å². The highest BCUT2D eigenvalue weighted by Gasteiger charge is 2.63. The van der Waals surface area contributed by atoms with Gasteiger partial charge in [-0.25, -0.2) is 0 Å². The Hall–Kier alpha value is -1.57. The van der Waals surface area contributed by atoms with E-state index in [1.807, 2.05) is 0 Å². The van der Waals surface area contributed by atoms with Crippen LogP contribution >= 0.6 is 0 Å². The molecule has 0 aromatic rings. The molecule has 0 aromatic carbocycles. The molecular formula is C6H7F5N4O. The van der Waals surface area contributed by atoms with Crippen molar-refractivity contribution in [3.8, 4) is 0 Å². The lowest BCUT2D eigenvalue weighted by Crippen LogP contribution is -2.50. The summed E-state index contributed by atoms with van der Waals surface area (Å²) in [5.74, 6) is -7.83. The van der Waals surface area contributed by atoms with Crippen LogP contribution in [0.5, 0.6) is 0 Å². The van der Waals surface area contributed by atoms with Crippen LogP contribution in [0.1, 0.15) is 6.42 Å². The number of halogens is 5. The number of nitrogens with zero attached hydrogens (tertiary/aromatic N) is 3. The largest absolute Gasteiger partial charge is 0.463 e. The second-order valence-electron chi connectivity index (χ2n) is 2.64. The van der Waals surface area contributed by atoms with Crippen molar-refractivity contribution in [2.45, 2.75) is 18.5 Å². The van der Waals surface area contributed by atoms with Gasteiger partial charge in [-0.1, -0.05) is 5.11 Å². The molecule has 0 aliphatic heterocycles. The van der Waals surface area contributed by atoms with Crippen LogP contribution in [0.2, 0.25) is 0 Å². The maximum absolute atomic E-state index is 12.3. The number of carbonyl (C=O) groups is 1. The van der Waals surface area contributed by atoms with Crippen LogP contribution in [0.25, 0.3) is 10.4 Å². The molecule has 0 atom stereocenters. The average molecular weight is 246 g/mol. The summed E-state index contributed by atoms with van der Waals surface area (Å²) in [7, 11) is 0. The lowest BCUT2D eigenvalue weighted by Gasteiger charge is -2.18. The van der Waals surface area contributed by atoms with Crippen molar-refractivity contribution in [1.29, 1.82) is 0 Å². The number of nitrogens with one attached hydrogen (secondary N) is 1. The van der Waals surface area contributed by atoms with Crippen molar-refractivity contribution >= 4 is 5.91 Å². The molecule has 0 aliphatic carbocycles. The molecule has 0 unspecified atom stereocenters. The van der Waals surface area contributed by atoms with E-state index < -0.39 is 24.6 Å². The Labute approximate surface area is 86.2 Å². The van der Waals surface area contributed by atoms with Crippen LogP contribution in [0.15, 0.2) is 5.11 Å². The van der Waals surface area contributed by atoms with Crippen molar-refractivity contribution in [3.05, 3.63) is 10.4 Å². The Morgan fingerprint density at radius 3 is 2.31 bits per heavy atom. The summed E-state index contributed by atoms with van der Waals surface area (Å²) >= 11 is 0. The predicted molar refractivity (Wildman–Crippen MR) is 42.6 cm³/mol. The van der Waals surface area contributed by atoms with E-state index in [-0.39, 0.29) is 13.0 Å². The molecule has 0 aliphatic rings. The van der Waals surface area contributed by atoms with Gasteiger partial charge in [-0.2, -0.15) is 22.0 Å². The SMILES string of the molecule is [N-]=[N+]=NCCCNC(=O)C(F)(F)C(F)(F)F. The van der Waals surface area contributed by atoms with E-state index in [0.29, 0.717) is 0 Å². The second-order valence-corrected chi connectivity index (χ2v) is 2.64. The number of alkyl halides is 5. The lowest BCUT2D eigenvalue weighted by molar-refractivity contribution is -0.269. The number of hydrogen-bond acceptors (Lipinski definition) is 2. The molecule has 0 radical (unpaired) electrons. The first-order valence-electron chi connectivity index (χ1n) is 3.97. The molecule has 1 amide bonds. The molecule has 0 rings (SSSR count). The van der Waals surface area contributed by atoms with E-state index in [2.05, 4.69) is 10.0 Å². The van der Waals surface area contributed by atoms with Crippen molar-refractivity contribution < 1.29 is 26.7 Å². The highest BCUT2D eigenvalue weighted by molar-refractivity contribution is 5.84. The molecule has 16 heavy (non-hydrogen) atoms. The van der Waals surface area contributed by atoms with E-state index in [1.54, 1.807) is 0 Å². The van der Waals surface area contributed by atoms with Crippen molar-refractivity contribution in [3.63, 3.8) is 0 Å². The molecule has 0 spiro atoms. The van der Waals surface area contributed by atoms with Crippen LogP contribution in [-0.4, -0.2) is 31.1 Å². The van der Waals surface area contributed by atoms with E-state index in [9.17, 15) is 26.7 Å². The van der Waals surface area contributed by atoms with Gasteiger partial charge in [-0.05, 0) is 12.0 Å². The molecule has 5 nitrogen and oxygen atoms in total. The molecule has 0 fully saturated rings. The Bertz CT molecular complexity index is 296. The predicted octanol–water partition coefficient (Wildman–Crippen LogP) is 2.00. The van der Waals surface area contributed by atoms with Gasteiger partial charge >= 0.3 is 12.1 Å². The maximum Gasteiger partial charge on any atom is 0.463 e. The fourth-order valence-corrected chi connectivity index (χ4v) is 0.636. The van der Waals surface area contributed by atoms with Gasteiger partial charge in [0, 0.05) is 18.0 Å². The minimum absolute atomic E-state index is 0.0241. The zero-order chi connectivity index (χ0) is 12.8. The molecule has 0 saturated carbocycles. The minimum atomic E-state index is -5.91. The van der Waals surface area contributed by atoms with E-state index in [4.69, 9.17) is 5.53 Å². The number of azide groups is 1. The molecule has 10 heteroatoms. The minimum Gasteiger partial charge on any atom is -0.351 e. The van der Waals surface area contributed by atoms with Gasteiger partial charge in [0.1, 0.15) is 0 Å². The highest BCUT2D eigenvalue weighted by Crippen LogP contribution is 2.35. The average Bonchev–Trinajstić information content (AvgIpc) is 2.15. The maximum atomic E-state index is 12.3. The van der Waals surface area contributed by atoms with Gasteiger partial charge in [-0.3, -0.25) is 4.79 Å². The molecule has 0 saturated heterocycles. The molecular weight excluding hydrogens is 239 g/mol. The molecule has 0 aromatic heterocycles. The summed E-state index contributed by atoms with van der Waals surface area (Å²) in [6, 6.07) is 0. The summed E-state index contributed by atoms with van der Waals surface area (Å²) < 4.78 is 59.5. The lowest BCUT2D eigenvalue weighted by atomic mass is 10.3. The molecule has 0 bridgehead atoms. The summed E-state index contributed by atoms with van der Waals surface area (Å²) in [6.45, 7) is -0.530. The fourth-order valence-electron chi connectivity index (χ4n) is 0.636. The third kappa shape index (κ3) is 3.89.